The Labute approximate surface area is 423 Å². The molecule has 12 aromatic carbocycles. The van der Waals surface area contributed by atoms with E-state index in [9.17, 15) is 0 Å². The molecule has 3 heteroatoms. The van der Waals surface area contributed by atoms with Crippen LogP contribution in [-0.4, -0.2) is 0 Å². The van der Waals surface area contributed by atoms with Crippen LogP contribution in [0.2, 0.25) is 0 Å². The maximum Gasteiger partial charge on any atom is 0.143 e. The number of rotatable bonds is 9. The molecule has 14 rings (SSSR count). The van der Waals surface area contributed by atoms with Crippen LogP contribution in [0.15, 0.2) is 282 Å². The zero-order valence-electron chi connectivity index (χ0n) is 39.7. The van der Waals surface area contributed by atoms with Gasteiger partial charge >= 0.3 is 0 Å². The van der Waals surface area contributed by atoms with Crippen molar-refractivity contribution in [2.75, 3.05) is 4.90 Å². The Morgan fingerprint density at radius 1 is 0.219 bits per heavy atom. The molecule has 3 nitrogen and oxygen atoms in total. The number of nitrogens with zero attached hydrogens (tertiary/aromatic N) is 1. The van der Waals surface area contributed by atoms with Gasteiger partial charge in [0, 0.05) is 49.6 Å². The van der Waals surface area contributed by atoms with Gasteiger partial charge in [0.2, 0.25) is 0 Å². The molecule has 2 aromatic heterocycles. The van der Waals surface area contributed by atoms with Crippen LogP contribution in [0.3, 0.4) is 0 Å². The normalized spacial score (nSPS) is 11.6. The number of anilines is 3. The lowest BCUT2D eigenvalue weighted by Crippen LogP contribution is -2.11. The molecule has 0 bridgehead atoms. The van der Waals surface area contributed by atoms with Gasteiger partial charge in [0.15, 0.2) is 0 Å². The van der Waals surface area contributed by atoms with Gasteiger partial charge in [-0.15, -0.1) is 0 Å². The first-order valence-electron chi connectivity index (χ1n) is 24.9. The molecule has 0 atom stereocenters. The van der Waals surface area contributed by atoms with Gasteiger partial charge in [-0.25, -0.2) is 0 Å². The van der Waals surface area contributed by atoms with E-state index in [4.69, 9.17) is 8.83 Å². The number of benzene rings is 12. The average Bonchev–Trinajstić information content (AvgIpc) is 4.06. The largest absolute Gasteiger partial charge is 0.455 e. The van der Waals surface area contributed by atoms with Gasteiger partial charge in [0.1, 0.15) is 22.3 Å². The van der Waals surface area contributed by atoms with Crippen molar-refractivity contribution in [3.63, 3.8) is 0 Å². The van der Waals surface area contributed by atoms with E-state index >= 15 is 0 Å². The van der Waals surface area contributed by atoms with Crippen molar-refractivity contribution in [2.45, 2.75) is 0 Å². The van der Waals surface area contributed by atoms with Gasteiger partial charge < -0.3 is 13.7 Å². The third-order valence-electron chi connectivity index (χ3n) is 14.5. The lowest BCUT2D eigenvalue weighted by molar-refractivity contribution is 0.669. The molecule has 0 radical (unpaired) electrons. The topological polar surface area (TPSA) is 29.5 Å². The van der Waals surface area contributed by atoms with Crippen molar-refractivity contribution in [1.82, 2.24) is 0 Å². The molecular formula is C70H45NO2. The highest BCUT2D eigenvalue weighted by Crippen LogP contribution is 2.46. The molecule has 0 unspecified atom stereocenters. The van der Waals surface area contributed by atoms with Crippen LogP contribution in [0.25, 0.3) is 121 Å². The van der Waals surface area contributed by atoms with Crippen LogP contribution in [0.4, 0.5) is 17.1 Å². The Morgan fingerprint density at radius 3 is 1.08 bits per heavy atom. The van der Waals surface area contributed by atoms with E-state index in [0.717, 1.165) is 105 Å². The second-order valence-corrected chi connectivity index (χ2v) is 18.7. The van der Waals surface area contributed by atoms with Crippen LogP contribution in [0.5, 0.6) is 0 Å². The number of fused-ring (bicyclic) bond motifs is 7. The van der Waals surface area contributed by atoms with Crippen molar-refractivity contribution >= 4 is 71.7 Å². The predicted octanol–water partition coefficient (Wildman–Crippen LogP) is 20.1. The van der Waals surface area contributed by atoms with Gasteiger partial charge in [-0.3, -0.25) is 0 Å². The summed E-state index contributed by atoms with van der Waals surface area (Å²) in [7, 11) is 0. The summed E-state index contributed by atoms with van der Waals surface area (Å²) in [5, 5.41) is 6.94. The van der Waals surface area contributed by atoms with E-state index in [0.29, 0.717) is 0 Å². The molecule has 2 heterocycles. The summed E-state index contributed by atoms with van der Waals surface area (Å²) in [5.41, 5.74) is 20.3. The molecule has 0 aliphatic heterocycles. The summed E-state index contributed by atoms with van der Waals surface area (Å²) in [6.45, 7) is 0. The standard InChI is InChI=1S/C70H45NO2/c1-3-15-46(16-4-1)52-37-42-57(49-31-29-48(30-32-49)56-44-43-55(47-17-5-2-6-18-47)60-19-7-8-20-61(56)60)66(45-52)71(53-38-33-50(34-39-53)58-23-13-25-64-62-21-9-11-27-67(62)72-69(58)64)54-40-35-51(36-41-54)59-24-14-26-65-63-22-10-12-28-68(63)73-70(59)65/h1-45H. The Hall–Kier alpha value is -9.70. The minimum atomic E-state index is 0.890. The highest BCUT2D eigenvalue weighted by Gasteiger charge is 2.21. The first kappa shape index (κ1) is 42.2. The molecule has 0 N–H and O–H groups in total. The molecule has 0 aliphatic carbocycles. The maximum absolute atomic E-state index is 6.53. The van der Waals surface area contributed by atoms with Gasteiger partial charge in [-0.2, -0.15) is 0 Å². The molecule has 0 saturated heterocycles. The Balaban J connectivity index is 0.920. The fourth-order valence-electron chi connectivity index (χ4n) is 11.0. The smallest absolute Gasteiger partial charge is 0.143 e. The molecule has 0 amide bonds. The van der Waals surface area contributed by atoms with Crippen LogP contribution in [-0.2, 0) is 0 Å². The molecule has 73 heavy (non-hydrogen) atoms. The third kappa shape index (κ3) is 7.37. The van der Waals surface area contributed by atoms with Crippen molar-refractivity contribution in [2.24, 2.45) is 0 Å². The van der Waals surface area contributed by atoms with E-state index in [-0.39, 0.29) is 0 Å². The van der Waals surface area contributed by atoms with Gasteiger partial charge in [-0.1, -0.05) is 231 Å². The molecule has 0 aliphatic rings. The summed E-state index contributed by atoms with van der Waals surface area (Å²) in [5.74, 6) is 0. The number of hydrogen-bond acceptors (Lipinski definition) is 3. The fourth-order valence-corrected chi connectivity index (χ4v) is 11.0. The van der Waals surface area contributed by atoms with Crippen molar-refractivity contribution in [3.05, 3.63) is 273 Å². The molecular weight excluding hydrogens is 887 g/mol. The maximum atomic E-state index is 6.53. The summed E-state index contributed by atoms with van der Waals surface area (Å²) >= 11 is 0. The monoisotopic (exact) mass is 931 g/mol. The van der Waals surface area contributed by atoms with E-state index in [1.165, 1.54) is 33.0 Å². The van der Waals surface area contributed by atoms with Crippen LogP contribution in [0, 0.1) is 0 Å². The van der Waals surface area contributed by atoms with Crippen molar-refractivity contribution in [1.29, 1.82) is 0 Å². The zero-order valence-corrected chi connectivity index (χ0v) is 39.7. The number of furan rings is 2. The quantitative estimate of drug-likeness (QED) is 0.144. The number of hydrogen-bond donors (Lipinski definition) is 0. The zero-order chi connectivity index (χ0) is 48.2. The Bertz CT molecular complexity index is 4180. The van der Waals surface area contributed by atoms with E-state index in [1.54, 1.807) is 0 Å². The van der Waals surface area contributed by atoms with E-state index in [2.05, 4.69) is 254 Å². The van der Waals surface area contributed by atoms with Crippen molar-refractivity contribution in [3.8, 4) is 66.8 Å². The summed E-state index contributed by atoms with van der Waals surface area (Å²) in [6, 6.07) is 97.9. The van der Waals surface area contributed by atoms with Crippen LogP contribution >= 0.6 is 0 Å². The first-order chi connectivity index (χ1) is 36.2. The molecule has 0 fully saturated rings. The predicted molar refractivity (Wildman–Crippen MR) is 306 cm³/mol. The minimum absolute atomic E-state index is 0.890. The lowest BCUT2D eigenvalue weighted by Gasteiger charge is -2.29. The summed E-state index contributed by atoms with van der Waals surface area (Å²) < 4.78 is 13.1. The molecule has 14 aromatic rings. The van der Waals surface area contributed by atoms with Crippen LogP contribution < -0.4 is 4.90 Å². The molecule has 342 valence electrons. The van der Waals surface area contributed by atoms with Gasteiger partial charge in [0.05, 0.1) is 5.69 Å². The number of para-hydroxylation sites is 4. The lowest BCUT2D eigenvalue weighted by atomic mass is 9.91. The third-order valence-corrected chi connectivity index (χ3v) is 14.5. The first-order valence-corrected chi connectivity index (χ1v) is 24.9. The minimum Gasteiger partial charge on any atom is -0.455 e. The van der Waals surface area contributed by atoms with Gasteiger partial charge in [0.25, 0.3) is 0 Å². The van der Waals surface area contributed by atoms with Crippen LogP contribution in [0.1, 0.15) is 0 Å². The highest BCUT2D eigenvalue weighted by molar-refractivity contribution is 6.11. The summed E-state index contributed by atoms with van der Waals surface area (Å²) in [4.78, 5) is 2.41. The second kappa shape index (κ2) is 17.6. The fraction of sp³-hybridized carbons (Fsp3) is 0. The Kier molecular flexibility index (Phi) is 10.2. The summed E-state index contributed by atoms with van der Waals surface area (Å²) in [6.07, 6.45) is 0. The average molecular weight is 932 g/mol. The second-order valence-electron chi connectivity index (χ2n) is 18.7. The molecule has 0 saturated carbocycles. The van der Waals surface area contributed by atoms with E-state index in [1.807, 2.05) is 24.3 Å². The van der Waals surface area contributed by atoms with E-state index < -0.39 is 0 Å². The molecule has 0 spiro atoms. The Morgan fingerprint density at radius 2 is 0.575 bits per heavy atom. The van der Waals surface area contributed by atoms with Gasteiger partial charge in [-0.05, 0) is 103 Å². The van der Waals surface area contributed by atoms with Crippen molar-refractivity contribution < 1.29 is 8.83 Å². The highest BCUT2D eigenvalue weighted by atomic mass is 16.3. The SMILES string of the molecule is c1ccc(-c2ccc(-c3ccc(-c4ccc(-c5ccccc5)c5ccccc45)cc3)c(N(c3ccc(-c4cccc5c4oc4ccccc45)cc3)c3ccc(-c4cccc5c4oc4ccccc45)cc3)c2)cc1.